The van der Waals surface area contributed by atoms with Crippen molar-refractivity contribution in [3.63, 3.8) is 0 Å². The van der Waals surface area contributed by atoms with Gasteiger partial charge in [-0.15, -0.1) is 0 Å². The van der Waals surface area contributed by atoms with Crippen LogP contribution in [0.15, 0.2) is 16.6 Å². The smallest absolute Gasteiger partial charge is 0.172 e. The highest BCUT2D eigenvalue weighted by molar-refractivity contribution is 9.10. The molecule has 0 aromatic heterocycles. The zero-order valence-corrected chi connectivity index (χ0v) is 9.82. The molecule has 0 aliphatic heterocycles. The Morgan fingerprint density at radius 2 is 2.33 bits per heavy atom. The molecule has 4 heteroatoms. The average Bonchev–Trinajstić information content (AvgIpc) is 3.01. The maximum Gasteiger partial charge on any atom is 0.172 e. The fourth-order valence-corrected chi connectivity index (χ4v) is 2.17. The van der Waals surface area contributed by atoms with E-state index in [-0.39, 0.29) is 17.6 Å². The third-order valence-corrected chi connectivity index (χ3v) is 3.32. The normalized spacial score (nSPS) is 23.6. The van der Waals surface area contributed by atoms with Gasteiger partial charge < -0.3 is 14.6 Å². The molecular formula is C11H11BrO3. The SMILES string of the molecule is COc1cc(C2CC2C=O)cc(Br)c1O. The minimum atomic E-state index is 0.101. The molecule has 1 aliphatic rings. The highest BCUT2D eigenvalue weighted by Gasteiger charge is 2.38. The topological polar surface area (TPSA) is 46.5 Å². The van der Waals surface area contributed by atoms with Crippen LogP contribution in [0.2, 0.25) is 0 Å². The van der Waals surface area contributed by atoms with Gasteiger partial charge in [-0.2, -0.15) is 0 Å². The Bertz CT molecular complexity index is 403. The minimum absolute atomic E-state index is 0.101. The van der Waals surface area contributed by atoms with E-state index in [0.717, 1.165) is 18.3 Å². The van der Waals surface area contributed by atoms with Gasteiger partial charge >= 0.3 is 0 Å². The lowest BCUT2D eigenvalue weighted by Gasteiger charge is -2.08. The molecule has 0 radical (unpaired) electrons. The van der Waals surface area contributed by atoms with Gasteiger partial charge in [0.15, 0.2) is 11.5 Å². The van der Waals surface area contributed by atoms with Gasteiger partial charge in [0.05, 0.1) is 11.6 Å². The van der Waals surface area contributed by atoms with Crippen molar-refractivity contribution in [2.24, 2.45) is 5.92 Å². The Morgan fingerprint density at radius 3 is 2.87 bits per heavy atom. The molecule has 0 bridgehead atoms. The lowest BCUT2D eigenvalue weighted by molar-refractivity contribution is -0.108. The van der Waals surface area contributed by atoms with Gasteiger partial charge in [0.1, 0.15) is 6.29 Å². The maximum atomic E-state index is 10.6. The van der Waals surface area contributed by atoms with Crippen LogP contribution in [0, 0.1) is 5.92 Å². The Morgan fingerprint density at radius 1 is 1.60 bits per heavy atom. The third-order valence-electron chi connectivity index (χ3n) is 2.71. The molecule has 1 fully saturated rings. The van der Waals surface area contributed by atoms with Crippen LogP contribution < -0.4 is 4.74 Å². The number of ether oxygens (including phenoxy) is 1. The van der Waals surface area contributed by atoms with E-state index in [4.69, 9.17) is 4.74 Å². The van der Waals surface area contributed by atoms with Gasteiger partial charge in [0.25, 0.3) is 0 Å². The number of rotatable bonds is 3. The van der Waals surface area contributed by atoms with Crippen molar-refractivity contribution in [1.82, 2.24) is 0 Å². The molecule has 0 spiro atoms. The number of halogens is 1. The summed E-state index contributed by atoms with van der Waals surface area (Å²) in [7, 11) is 1.51. The number of carbonyl (C=O) groups is 1. The van der Waals surface area contributed by atoms with Crippen LogP contribution in [-0.4, -0.2) is 18.5 Å². The summed E-state index contributed by atoms with van der Waals surface area (Å²) < 4.78 is 5.65. The van der Waals surface area contributed by atoms with Crippen LogP contribution >= 0.6 is 15.9 Å². The summed E-state index contributed by atoms with van der Waals surface area (Å²) in [4.78, 5) is 10.6. The number of aldehydes is 1. The summed E-state index contributed by atoms with van der Waals surface area (Å²) in [6.07, 6.45) is 1.88. The largest absolute Gasteiger partial charge is 0.503 e. The quantitative estimate of drug-likeness (QED) is 0.859. The van der Waals surface area contributed by atoms with E-state index in [0.29, 0.717) is 10.2 Å². The number of carbonyl (C=O) groups excluding carboxylic acids is 1. The van der Waals surface area contributed by atoms with Crippen molar-refractivity contribution >= 4 is 22.2 Å². The number of aromatic hydroxyl groups is 1. The molecule has 1 aromatic rings. The molecule has 0 saturated heterocycles. The molecule has 1 saturated carbocycles. The Hall–Kier alpha value is -1.03. The van der Waals surface area contributed by atoms with E-state index in [9.17, 15) is 9.90 Å². The Balaban J connectivity index is 2.34. The van der Waals surface area contributed by atoms with Crippen LogP contribution in [-0.2, 0) is 4.79 Å². The van der Waals surface area contributed by atoms with Gasteiger partial charge in [0, 0.05) is 5.92 Å². The standard InChI is InChI=1S/C11H11BrO3/c1-15-10-4-6(3-9(12)11(10)14)8-2-7(8)5-13/h3-5,7-8,14H,2H2,1H3. The van der Waals surface area contributed by atoms with E-state index in [2.05, 4.69) is 15.9 Å². The monoisotopic (exact) mass is 270 g/mol. The molecular weight excluding hydrogens is 260 g/mol. The van der Waals surface area contributed by atoms with Crippen LogP contribution in [0.25, 0.3) is 0 Å². The second kappa shape index (κ2) is 3.85. The van der Waals surface area contributed by atoms with Crippen LogP contribution in [0.4, 0.5) is 0 Å². The Labute approximate surface area is 96.2 Å². The molecule has 80 valence electrons. The Kier molecular flexibility index (Phi) is 2.69. The second-order valence-corrected chi connectivity index (χ2v) is 4.55. The van der Waals surface area contributed by atoms with Crippen molar-refractivity contribution in [2.75, 3.05) is 7.11 Å². The predicted molar refractivity (Wildman–Crippen MR) is 59.3 cm³/mol. The zero-order valence-electron chi connectivity index (χ0n) is 8.24. The van der Waals surface area contributed by atoms with E-state index in [1.807, 2.05) is 6.07 Å². The number of phenols is 1. The molecule has 1 aliphatic carbocycles. The summed E-state index contributed by atoms with van der Waals surface area (Å²) in [6, 6.07) is 3.63. The molecule has 0 heterocycles. The summed E-state index contributed by atoms with van der Waals surface area (Å²) in [6.45, 7) is 0. The number of hydrogen-bond donors (Lipinski definition) is 1. The molecule has 0 amide bonds. The number of benzene rings is 1. The van der Waals surface area contributed by atoms with Gasteiger partial charge in [-0.25, -0.2) is 0 Å². The van der Waals surface area contributed by atoms with Crippen molar-refractivity contribution in [2.45, 2.75) is 12.3 Å². The average molecular weight is 271 g/mol. The van der Waals surface area contributed by atoms with Crippen LogP contribution in [0.3, 0.4) is 0 Å². The molecule has 2 atom stereocenters. The van der Waals surface area contributed by atoms with Crippen molar-refractivity contribution in [3.05, 3.63) is 22.2 Å². The van der Waals surface area contributed by atoms with E-state index in [1.54, 1.807) is 6.07 Å². The number of phenolic OH excluding ortho intramolecular Hbond substituents is 1. The van der Waals surface area contributed by atoms with E-state index in [1.165, 1.54) is 7.11 Å². The first-order chi connectivity index (χ1) is 7.17. The second-order valence-electron chi connectivity index (χ2n) is 3.70. The van der Waals surface area contributed by atoms with Crippen LogP contribution in [0.5, 0.6) is 11.5 Å². The summed E-state index contributed by atoms with van der Waals surface area (Å²) >= 11 is 3.26. The molecule has 2 unspecified atom stereocenters. The number of methoxy groups -OCH3 is 1. The molecule has 3 nitrogen and oxygen atoms in total. The lowest BCUT2D eigenvalue weighted by atomic mass is 10.1. The zero-order chi connectivity index (χ0) is 11.0. The van der Waals surface area contributed by atoms with Crippen molar-refractivity contribution < 1.29 is 14.6 Å². The lowest BCUT2D eigenvalue weighted by Crippen LogP contribution is -1.89. The summed E-state index contributed by atoms with van der Waals surface area (Å²) in [5.41, 5.74) is 1.04. The highest BCUT2D eigenvalue weighted by atomic mass is 79.9. The van der Waals surface area contributed by atoms with E-state index < -0.39 is 0 Å². The summed E-state index contributed by atoms with van der Waals surface area (Å²) in [5.74, 6) is 0.958. The molecule has 1 aromatic carbocycles. The van der Waals surface area contributed by atoms with Crippen LogP contribution in [0.1, 0.15) is 17.9 Å². The molecule has 1 N–H and O–H groups in total. The third kappa shape index (κ3) is 1.86. The van der Waals surface area contributed by atoms with Gasteiger partial charge in [-0.3, -0.25) is 0 Å². The first-order valence-electron chi connectivity index (χ1n) is 4.69. The van der Waals surface area contributed by atoms with Gasteiger partial charge in [-0.05, 0) is 46.0 Å². The first kappa shape index (κ1) is 10.5. The fourth-order valence-electron chi connectivity index (χ4n) is 1.71. The number of hydrogen-bond acceptors (Lipinski definition) is 3. The molecule has 2 rings (SSSR count). The first-order valence-corrected chi connectivity index (χ1v) is 5.48. The van der Waals surface area contributed by atoms with Gasteiger partial charge in [-0.1, -0.05) is 0 Å². The minimum Gasteiger partial charge on any atom is -0.503 e. The van der Waals surface area contributed by atoms with Gasteiger partial charge in [0.2, 0.25) is 0 Å². The summed E-state index contributed by atoms with van der Waals surface area (Å²) in [5, 5.41) is 9.61. The highest BCUT2D eigenvalue weighted by Crippen LogP contribution is 2.49. The molecule has 15 heavy (non-hydrogen) atoms. The van der Waals surface area contributed by atoms with Crippen molar-refractivity contribution in [1.29, 1.82) is 0 Å². The van der Waals surface area contributed by atoms with Crippen molar-refractivity contribution in [3.8, 4) is 11.5 Å². The van der Waals surface area contributed by atoms with E-state index >= 15 is 0 Å². The predicted octanol–water partition coefficient (Wildman–Crippen LogP) is 2.47. The fraction of sp³-hybridized carbons (Fsp3) is 0.364. The maximum absolute atomic E-state index is 10.6.